The molecular weight excluding hydrogens is 387 g/mol. The van der Waals surface area contributed by atoms with Gasteiger partial charge in [-0.05, 0) is 38.0 Å². The van der Waals surface area contributed by atoms with Crippen LogP contribution in [0.15, 0.2) is 36.0 Å². The fourth-order valence-corrected chi connectivity index (χ4v) is 3.37. The molecule has 0 radical (unpaired) electrons. The average molecular weight is 406 g/mol. The smallest absolute Gasteiger partial charge is 0.254 e. The molecule has 1 saturated heterocycles. The van der Waals surface area contributed by atoms with E-state index in [4.69, 9.17) is 0 Å². The molecule has 9 heteroatoms. The van der Waals surface area contributed by atoms with E-state index < -0.39 is 5.91 Å². The lowest BCUT2D eigenvalue weighted by Crippen LogP contribution is -2.19. The van der Waals surface area contributed by atoms with Crippen molar-refractivity contribution < 1.29 is 14.0 Å². The predicted octanol–water partition coefficient (Wildman–Crippen LogP) is 2.92. The maximum absolute atomic E-state index is 13.9. The van der Waals surface area contributed by atoms with Crippen molar-refractivity contribution in [1.82, 2.24) is 19.9 Å². The quantitative estimate of drug-likeness (QED) is 0.445. The highest BCUT2D eigenvalue weighted by Gasteiger charge is 2.25. The zero-order valence-electron chi connectivity index (χ0n) is 16.2. The number of amides is 2. The topological polar surface area (TPSA) is 100 Å². The number of benzene rings is 1. The number of anilines is 3. The van der Waals surface area contributed by atoms with Crippen molar-refractivity contribution in [1.29, 1.82) is 0 Å². The molecule has 8 nitrogen and oxygen atoms in total. The van der Waals surface area contributed by atoms with E-state index in [1.807, 2.05) is 6.07 Å². The number of rotatable bonds is 5. The Hall–Kier alpha value is -3.75. The molecule has 152 valence electrons. The molecule has 1 aliphatic heterocycles. The monoisotopic (exact) mass is 406 g/mol. The van der Waals surface area contributed by atoms with Crippen LogP contribution in [-0.4, -0.2) is 32.5 Å². The number of hydrogen-bond donors (Lipinski definition) is 3. The Morgan fingerprint density at radius 3 is 2.87 bits per heavy atom. The summed E-state index contributed by atoms with van der Waals surface area (Å²) < 4.78 is 15.6. The molecule has 30 heavy (non-hydrogen) atoms. The van der Waals surface area contributed by atoms with Crippen molar-refractivity contribution in [3.8, 4) is 0 Å². The molecule has 3 heterocycles. The van der Waals surface area contributed by atoms with Crippen LogP contribution in [0.1, 0.15) is 30.4 Å². The number of imide groups is 1. The van der Waals surface area contributed by atoms with Crippen LogP contribution in [0.25, 0.3) is 11.7 Å². The Balaban J connectivity index is 1.59. The van der Waals surface area contributed by atoms with Crippen molar-refractivity contribution in [3.63, 3.8) is 0 Å². The van der Waals surface area contributed by atoms with Crippen molar-refractivity contribution >= 4 is 40.9 Å². The molecule has 0 atom stereocenters. The maximum atomic E-state index is 13.9. The van der Waals surface area contributed by atoms with Crippen LogP contribution in [0.4, 0.5) is 21.7 Å². The van der Waals surface area contributed by atoms with Gasteiger partial charge in [0.15, 0.2) is 5.65 Å². The van der Waals surface area contributed by atoms with Gasteiger partial charge in [0.25, 0.3) is 5.91 Å². The lowest BCUT2D eigenvalue weighted by molar-refractivity contribution is -0.124. The molecule has 3 N–H and O–H groups in total. The molecule has 0 unspecified atom stereocenters. The molecule has 1 saturated carbocycles. The highest BCUT2D eigenvalue weighted by atomic mass is 19.1. The number of hydrogen-bond acceptors (Lipinski definition) is 6. The summed E-state index contributed by atoms with van der Waals surface area (Å²) in [4.78, 5) is 28.1. The molecule has 2 aromatic heterocycles. The molecule has 1 aromatic carbocycles. The molecule has 2 amide bonds. The minimum atomic E-state index is -0.402. The number of nitrogens with zero attached hydrogens (tertiary/aromatic N) is 3. The van der Waals surface area contributed by atoms with Gasteiger partial charge in [-0.3, -0.25) is 14.9 Å². The average Bonchev–Trinajstić information content (AvgIpc) is 3.34. The third-order valence-corrected chi connectivity index (χ3v) is 5.18. The Labute approximate surface area is 171 Å². The third-order valence-electron chi connectivity index (χ3n) is 5.18. The van der Waals surface area contributed by atoms with Gasteiger partial charge < -0.3 is 10.6 Å². The number of nitrogens with one attached hydrogen (secondary N) is 3. The van der Waals surface area contributed by atoms with Crippen LogP contribution < -0.4 is 16.0 Å². The second kappa shape index (κ2) is 6.94. The first-order valence-corrected chi connectivity index (χ1v) is 9.70. The van der Waals surface area contributed by atoms with Crippen LogP contribution in [0, 0.1) is 12.7 Å². The fraction of sp³-hybridized carbons (Fsp3) is 0.238. The molecule has 1 aliphatic carbocycles. The van der Waals surface area contributed by atoms with Crippen LogP contribution in [-0.2, 0) is 9.59 Å². The Kier molecular flexibility index (Phi) is 4.23. The van der Waals surface area contributed by atoms with E-state index in [9.17, 15) is 14.0 Å². The summed E-state index contributed by atoms with van der Waals surface area (Å²) in [6, 6.07) is 7.03. The van der Waals surface area contributed by atoms with Gasteiger partial charge in [-0.1, -0.05) is 6.07 Å². The summed E-state index contributed by atoms with van der Waals surface area (Å²) in [7, 11) is 0. The molecule has 0 spiro atoms. The summed E-state index contributed by atoms with van der Waals surface area (Å²) in [6.45, 7) is 1.70. The van der Waals surface area contributed by atoms with Crippen LogP contribution in [0.5, 0.6) is 0 Å². The van der Waals surface area contributed by atoms with E-state index in [0.717, 1.165) is 18.7 Å². The highest BCUT2D eigenvalue weighted by molar-refractivity contribution is 6.15. The van der Waals surface area contributed by atoms with Crippen molar-refractivity contribution in [2.24, 2.45) is 0 Å². The minimum absolute atomic E-state index is 0.0315. The van der Waals surface area contributed by atoms with Crippen LogP contribution in [0.2, 0.25) is 0 Å². The molecule has 5 rings (SSSR count). The normalized spacial score (nSPS) is 17.6. The Morgan fingerprint density at radius 1 is 1.30 bits per heavy atom. The number of fused-ring (bicyclic) bond motifs is 1. The summed E-state index contributed by atoms with van der Waals surface area (Å²) in [5, 5.41) is 13.3. The maximum Gasteiger partial charge on any atom is 0.254 e. The summed E-state index contributed by atoms with van der Waals surface area (Å²) >= 11 is 0. The van der Waals surface area contributed by atoms with Gasteiger partial charge >= 0.3 is 0 Å². The van der Waals surface area contributed by atoms with Gasteiger partial charge in [0.05, 0.1) is 12.6 Å². The van der Waals surface area contributed by atoms with Gasteiger partial charge in [0, 0.05) is 34.5 Å². The van der Waals surface area contributed by atoms with Crippen LogP contribution in [0.3, 0.4) is 0 Å². The SMILES string of the molecule is Cc1c(F)cccc1Nc1cc(NC2CC2)n2ncc(C=C3CC(=O)NC3=O)c2n1. The second-order valence-electron chi connectivity index (χ2n) is 7.54. The van der Waals surface area contributed by atoms with Gasteiger partial charge in [0.1, 0.15) is 17.5 Å². The first-order valence-electron chi connectivity index (χ1n) is 9.70. The van der Waals surface area contributed by atoms with E-state index in [-0.39, 0.29) is 18.1 Å². The lowest BCUT2D eigenvalue weighted by Gasteiger charge is -2.13. The fourth-order valence-electron chi connectivity index (χ4n) is 3.37. The van der Waals surface area contributed by atoms with Crippen LogP contribution >= 0.6 is 0 Å². The number of aromatic nitrogens is 3. The van der Waals surface area contributed by atoms with Gasteiger partial charge in [-0.25, -0.2) is 9.37 Å². The minimum Gasteiger partial charge on any atom is -0.367 e. The van der Waals surface area contributed by atoms with E-state index >= 15 is 0 Å². The summed E-state index contributed by atoms with van der Waals surface area (Å²) in [5.74, 6) is 0.238. The first-order chi connectivity index (χ1) is 14.5. The molecule has 2 fully saturated rings. The molecule has 0 bridgehead atoms. The number of carbonyl (C=O) groups is 2. The van der Waals surface area contributed by atoms with E-state index in [2.05, 4.69) is 26.0 Å². The third kappa shape index (κ3) is 3.38. The standard InChI is InChI=1S/C21H19FN6O2/c1-11-15(22)3-2-4-16(11)25-17-9-18(24-14-5-6-14)28-20(26-17)13(10-23-28)7-12-8-19(29)27-21(12)30/h2-4,7,9-10,14,24H,5-6,8H2,1H3,(H,25,26)(H,27,29,30). The summed E-state index contributed by atoms with van der Waals surface area (Å²) in [6.07, 6.45) is 5.43. The van der Waals surface area contributed by atoms with Gasteiger partial charge in [0.2, 0.25) is 5.91 Å². The van der Waals surface area contributed by atoms with E-state index in [1.165, 1.54) is 6.07 Å². The molecule has 3 aromatic rings. The van der Waals surface area contributed by atoms with E-state index in [1.54, 1.807) is 35.8 Å². The Bertz CT molecular complexity index is 1230. The number of carbonyl (C=O) groups excluding carboxylic acids is 2. The second-order valence-corrected chi connectivity index (χ2v) is 7.54. The Morgan fingerprint density at radius 2 is 2.13 bits per heavy atom. The first kappa shape index (κ1) is 18.3. The molecular formula is C21H19FN6O2. The van der Waals surface area contributed by atoms with E-state index in [0.29, 0.717) is 39.9 Å². The molecule has 2 aliphatic rings. The predicted molar refractivity (Wildman–Crippen MR) is 110 cm³/mol. The zero-order valence-corrected chi connectivity index (χ0v) is 16.2. The van der Waals surface area contributed by atoms with Crippen molar-refractivity contribution in [2.75, 3.05) is 10.6 Å². The van der Waals surface area contributed by atoms with Gasteiger partial charge in [-0.15, -0.1) is 0 Å². The number of halogens is 1. The largest absolute Gasteiger partial charge is 0.367 e. The summed E-state index contributed by atoms with van der Waals surface area (Å²) in [5.41, 5.74) is 2.62. The zero-order chi connectivity index (χ0) is 20.8. The lowest BCUT2D eigenvalue weighted by atomic mass is 10.1. The van der Waals surface area contributed by atoms with Crippen molar-refractivity contribution in [2.45, 2.75) is 32.2 Å². The van der Waals surface area contributed by atoms with Crippen molar-refractivity contribution in [3.05, 3.63) is 53.0 Å². The van der Waals surface area contributed by atoms with Gasteiger partial charge in [-0.2, -0.15) is 9.61 Å². The highest BCUT2D eigenvalue weighted by Crippen LogP contribution is 2.29.